The van der Waals surface area contributed by atoms with Gasteiger partial charge in [-0.25, -0.2) is 0 Å². The number of hydrogen-bond acceptors (Lipinski definition) is 4. The van der Waals surface area contributed by atoms with Crippen LogP contribution in [0.4, 0.5) is 0 Å². The fourth-order valence-corrected chi connectivity index (χ4v) is 2.31. The molecule has 1 aromatic rings. The molecule has 4 nitrogen and oxygen atoms in total. The molecule has 0 saturated heterocycles. The number of benzene rings is 1. The fraction of sp³-hybridized carbons (Fsp3) is 0.462. The Labute approximate surface area is 100 Å². The van der Waals surface area contributed by atoms with Gasteiger partial charge in [0.15, 0.2) is 0 Å². The van der Waals surface area contributed by atoms with E-state index in [1.54, 1.807) is 6.07 Å². The van der Waals surface area contributed by atoms with Gasteiger partial charge >= 0.3 is 5.97 Å². The predicted molar refractivity (Wildman–Crippen MR) is 63.8 cm³/mol. The quantitative estimate of drug-likeness (QED) is 0.764. The zero-order valence-electron chi connectivity index (χ0n) is 9.90. The molecule has 0 heterocycles. The van der Waals surface area contributed by atoms with Crippen LogP contribution in [-0.4, -0.2) is 24.2 Å². The molecule has 17 heavy (non-hydrogen) atoms. The summed E-state index contributed by atoms with van der Waals surface area (Å²) in [6, 6.07) is 3.86. The number of rotatable bonds is 3. The highest BCUT2D eigenvalue weighted by Crippen LogP contribution is 2.31. The second kappa shape index (κ2) is 4.75. The van der Waals surface area contributed by atoms with Gasteiger partial charge in [0.1, 0.15) is 5.75 Å². The molecule has 1 unspecified atom stereocenters. The van der Waals surface area contributed by atoms with Gasteiger partial charge in [-0.1, -0.05) is 6.07 Å². The van der Waals surface area contributed by atoms with Gasteiger partial charge in [0.05, 0.1) is 7.11 Å². The van der Waals surface area contributed by atoms with Gasteiger partial charge < -0.3 is 15.6 Å². The molecule has 0 saturated carbocycles. The number of methoxy groups -OCH3 is 1. The molecule has 1 aliphatic carbocycles. The van der Waals surface area contributed by atoms with Crippen molar-refractivity contribution in [2.45, 2.75) is 31.7 Å². The third-order valence-corrected chi connectivity index (χ3v) is 3.17. The molecule has 4 heteroatoms. The summed E-state index contributed by atoms with van der Waals surface area (Å²) >= 11 is 0. The van der Waals surface area contributed by atoms with Crippen LogP contribution in [0.3, 0.4) is 0 Å². The fourth-order valence-electron chi connectivity index (χ4n) is 2.31. The van der Waals surface area contributed by atoms with Gasteiger partial charge in [0.25, 0.3) is 0 Å². The van der Waals surface area contributed by atoms with Crippen molar-refractivity contribution in [3.63, 3.8) is 0 Å². The number of carbonyl (C=O) groups excluding carboxylic acids is 1. The molecule has 0 amide bonds. The van der Waals surface area contributed by atoms with E-state index in [4.69, 9.17) is 5.73 Å². The lowest BCUT2D eigenvalue weighted by Crippen LogP contribution is -2.19. The van der Waals surface area contributed by atoms with Gasteiger partial charge in [0.2, 0.25) is 0 Å². The Morgan fingerprint density at radius 3 is 3.00 bits per heavy atom. The van der Waals surface area contributed by atoms with Crippen molar-refractivity contribution < 1.29 is 14.6 Å². The summed E-state index contributed by atoms with van der Waals surface area (Å²) in [5.74, 6) is 0.0667. The van der Waals surface area contributed by atoms with E-state index in [2.05, 4.69) is 4.74 Å². The molecule has 0 fully saturated rings. The van der Waals surface area contributed by atoms with Crippen LogP contribution < -0.4 is 5.73 Å². The van der Waals surface area contributed by atoms with Gasteiger partial charge in [-0.05, 0) is 42.0 Å². The van der Waals surface area contributed by atoms with Crippen molar-refractivity contribution in [1.82, 2.24) is 0 Å². The van der Waals surface area contributed by atoms with Crippen LogP contribution in [0, 0.1) is 0 Å². The Morgan fingerprint density at radius 2 is 2.29 bits per heavy atom. The van der Waals surface area contributed by atoms with E-state index in [0.29, 0.717) is 18.6 Å². The molecule has 0 bridgehead atoms. The van der Waals surface area contributed by atoms with Crippen molar-refractivity contribution in [2.75, 3.05) is 7.11 Å². The third-order valence-electron chi connectivity index (χ3n) is 3.17. The van der Waals surface area contributed by atoms with Crippen molar-refractivity contribution in [1.29, 1.82) is 0 Å². The molecule has 0 radical (unpaired) electrons. The number of aromatic hydroxyl groups is 1. The van der Waals surface area contributed by atoms with Crippen LogP contribution in [0.25, 0.3) is 0 Å². The monoisotopic (exact) mass is 235 g/mol. The van der Waals surface area contributed by atoms with Gasteiger partial charge in [-0.2, -0.15) is 0 Å². The second-order valence-electron chi connectivity index (χ2n) is 4.50. The molecule has 92 valence electrons. The maximum Gasteiger partial charge on any atom is 0.305 e. The van der Waals surface area contributed by atoms with Crippen LogP contribution in [-0.2, 0) is 28.8 Å². The third kappa shape index (κ3) is 2.58. The average Bonchev–Trinajstić information content (AvgIpc) is 2.67. The summed E-state index contributed by atoms with van der Waals surface area (Å²) in [7, 11) is 1.38. The Hall–Kier alpha value is -1.55. The molecule has 1 atom stereocenters. The number of ether oxygens (including phenoxy) is 1. The minimum atomic E-state index is -0.235. The first-order valence-electron chi connectivity index (χ1n) is 5.76. The number of esters is 1. The molecule has 1 aliphatic rings. The second-order valence-corrected chi connectivity index (χ2v) is 4.50. The van der Waals surface area contributed by atoms with Gasteiger partial charge in [-0.3, -0.25) is 4.79 Å². The smallest absolute Gasteiger partial charge is 0.305 e. The Kier molecular flexibility index (Phi) is 3.33. The lowest BCUT2D eigenvalue weighted by atomic mass is 10.0. The maximum absolute atomic E-state index is 11.1. The van der Waals surface area contributed by atoms with E-state index < -0.39 is 0 Å². The van der Waals surface area contributed by atoms with Gasteiger partial charge in [-0.15, -0.1) is 0 Å². The summed E-state index contributed by atoms with van der Waals surface area (Å²) in [5.41, 5.74) is 8.89. The van der Waals surface area contributed by atoms with E-state index in [1.165, 1.54) is 7.11 Å². The highest BCUT2D eigenvalue weighted by atomic mass is 16.5. The molecule has 3 N–H and O–H groups in total. The zero-order chi connectivity index (χ0) is 12.4. The predicted octanol–water partition coefficient (Wildman–Crippen LogP) is 0.924. The molecule has 0 aromatic heterocycles. The van der Waals surface area contributed by atoms with Gasteiger partial charge in [0, 0.05) is 12.5 Å². The number of nitrogens with two attached hydrogens (primary N) is 1. The summed E-state index contributed by atoms with van der Waals surface area (Å²) in [4.78, 5) is 11.1. The first-order chi connectivity index (χ1) is 8.10. The van der Waals surface area contributed by atoms with Crippen molar-refractivity contribution in [3.8, 4) is 5.75 Å². The van der Waals surface area contributed by atoms with Crippen LogP contribution in [0.1, 0.15) is 23.1 Å². The van der Waals surface area contributed by atoms with Crippen molar-refractivity contribution in [2.24, 2.45) is 5.73 Å². The largest absolute Gasteiger partial charge is 0.508 e. The van der Waals surface area contributed by atoms with E-state index in [0.717, 1.165) is 29.5 Å². The summed E-state index contributed by atoms with van der Waals surface area (Å²) in [5, 5.41) is 9.88. The molecule has 2 rings (SSSR count). The highest BCUT2D eigenvalue weighted by molar-refractivity contribution is 5.69. The number of phenols is 1. The van der Waals surface area contributed by atoms with Crippen LogP contribution in [0.2, 0.25) is 0 Å². The molecular weight excluding hydrogens is 218 g/mol. The zero-order valence-corrected chi connectivity index (χ0v) is 9.90. The number of hydrogen-bond donors (Lipinski definition) is 2. The SMILES string of the molecule is COC(=O)CCc1cc(O)c2c(c1)CC(N)C2. The lowest BCUT2D eigenvalue weighted by molar-refractivity contribution is -0.140. The lowest BCUT2D eigenvalue weighted by Gasteiger charge is -2.07. The Morgan fingerprint density at radius 1 is 1.53 bits per heavy atom. The minimum Gasteiger partial charge on any atom is -0.508 e. The highest BCUT2D eigenvalue weighted by Gasteiger charge is 2.21. The summed E-state index contributed by atoms with van der Waals surface area (Å²) in [6.07, 6.45) is 2.46. The number of fused-ring (bicyclic) bond motifs is 1. The molecule has 1 aromatic carbocycles. The van der Waals surface area contributed by atoms with Crippen LogP contribution in [0.15, 0.2) is 12.1 Å². The van der Waals surface area contributed by atoms with Crippen LogP contribution in [0.5, 0.6) is 5.75 Å². The Balaban J connectivity index is 2.13. The topological polar surface area (TPSA) is 72.5 Å². The first kappa shape index (κ1) is 11.9. The number of phenolic OH excluding ortho intramolecular Hbond substituents is 1. The minimum absolute atomic E-state index is 0.103. The Bertz CT molecular complexity index is 443. The average molecular weight is 235 g/mol. The summed E-state index contributed by atoms with van der Waals surface area (Å²) in [6.45, 7) is 0. The normalized spacial score (nSPS) is 17.9. The van der Waals surface area contributed by atoms with E-state index >= 15 is 0 Å². The number of carbonyl (C=O) groups is 1. The maximum atomic E-state index is 11.1. The standard InChI is InChI=1S/C13H17NO3/c1-17-13(16)3-2-8-4-9-6-10(14)7-11(9)12(15)5-8/h4-5,10,15H,2-3,6-7,14H2,1H3. The number of aryl methyl sites for hydroxylation is 1. The summed E-state index contributed by atoms with van der Waals surface area (Å²) < 4.78 is 4.59. The van der Waals surface area contributed by atoms with Crippen LogP contribution >= 0.6 is 0 Å². The van der Waals surface area contributed by atoms with E-state index in [-0.39, 0.29) is 12.0 Å². The molecule has 0 spiro atoms. The first-order valence-corrected chi connectivity index (χ1v) is 5.76. The van der Waals surface area contributed by atoms with E-state index in [9.17, 15) is 9.90 Å². The van der Waals surface area contributed by atoms with E-state index in [1.807, 2.05) is 6.07 Å². The van der Waals surface area contributed by atoms with Crippen molar-refractivity contribution in [3.05, 3.63) is 28.8 Å². The van der Waals surface area contributed by atoms with Crippen molar-refractivity contribution >= 4 is 5.97 Å². The molecular formula is C13H17NO3. The molecule has 0 aliphatic heterocycles.